The van der Waals surface area contributed by atoms with Gasteiger partial charge in [-0.05, 0) is 12.5 Å². The van der Waals surface area contributed by atoms with Gasteiger partial charge in [-0.3, -0.25) is 14.6 Å². The fraction of sp³-hybridized carbons (Fsp3) is 0.474. The SMILES string of the molecule is CCN(C)C(=O)c1coc(CN2CCN(Cc3ccccc3)CC2)n1. The first kappa shape index (κ1) is 17.6. The third-order valence-electron chi connectivity index (χ3n) is 4.66. The molecule has 6 heteroatoms. The van der Waals surface area contributed by atoms with Gasteiger partial charge in [-0.25, -0.2) is 4.98 Å². The van der Waals surface area contributed by atoms with E-state index in [1.165, 1.54) is 11.8 Å². The summed E-state index contributed by atoms with van der Waals surface area (Å²) in [5, 5.41) is 0. The Morgan fingerprint density at radius 2 is 1.76 bits per heavy atom. The summed E-state index contributed by atoms with van der Waals surface area (Å²) < 4.78 is 5.49. The van der Waals surface area contributed by atoms with E-state index in [1.807, 2.05) is 6.92 Å². The molecule has 1 saturated heterocycles. The van der Waals surface area contributed by atoms with Crippen LogP contribution in [0.1, 0.15) is 28.9 Å². The Hall–Kier alpha value is -2.18. The first-order valence-corrected chi connectivity index (χ1v) is 8.84. The Balaban J connectivity index is 1.48. The number of rotatable bonds is 6. The second-order valence-electron chi connectivity index (χ2n) is 6.48. The lowest BCUT2D eigenvalue weighted by Crippen LogP contribution is -2.45. The molecule has 0 aliphatic carbocycles. The van der Waals surface area contributed by atoms with Crippen LogP contribution in [0.5, 0.6) is 0 Å². The van der Waals surface area contributed by atoms with Gasteiger partial charge >= 0.3 is 0 Å². The van der Waals surface area contributed by atoms with Crippen molar-refractivity contribution in [3.8, 4) is 0 Å². The fourth-order valence-electron chi connectivity index (χ4n) is 2.96. The minimum Gasteiger partial charge on any atom is -0.447 e. The van der Waals surface area contributed by atoms with Gasteiger partial charge < -0.3 is 9.32 Å². The first-order valence-electron chi connectivity index (χ1n) is 8.84. The summed E-state index contributed by atoms with van der Waals surface area (Å²) in [6.07, 6.45) is 1.47. The molecule has 0 spiro atoms. The average Bonchev–Trinajstić information content (AvgIpc) is 3.11. The predicted octanol–water partition coefficient (Wildman–Crippen LogP) is 2.08. The molecule has 0 bridgehead atoms. The van der Waals surface area contributed by atoms with Gasteiger partial charge in [0.25, 0.3) is 5.91 Å². The highest BCUT2D eigenvalue weighted by Crippen LogP contribution is 2.12. The van der Waals surface area contributed by atoms with Crippen LogP contribution in [0.3, 0.4) is 0 Å². The molecule has 0 atom stereocenters. The predicted molar refractivity (Wildman–Crippen MR) is 96.1 cm³/mol. The van der Waals surface area contributed by atoms with Crippen molar-refractivity contribution < 1.29 is 9.21 Å². The minimum absolute atomic E-state index is 0.0924. The van der Waals surface area contributed by atoms with Crippen LogP contribution in [0.25, 0.3) is 0 Å². The molecule has 1 aromatic heterocycles. The highest BCUT2D eigenvalue weighted by molar-refractivity contribution is 5.91. The maximum absolute atomic E-state index is 12.1. The minimum atomic E-state index is -0.0924. The van der Waals surface area contributed by atoms with E-state index < -0.39 is 0 Å². The topological polar surface area (TPSA) is 52.8 Å². The summed E-state index contributed by atoms with van der Waals surface area (Å²) in [5.41, 5.74) is 1.74. The molecule has 0 unspecified atom stereocenters. The van der Waals surface area contributed by atoms with Crippen molar-refractivity contribution in [1.29, 1.82) is 0 Å². The fourth-order valence-corrected chi connectivity index (χ4v) is 2.96. The van der Waals surface area contributed by atoms with Crippen molar-refractivity contribution in [3.63, 3.8) is 0 Å². The lowest BCUT2D eigenvalue weighted by atomic mass is 10.2. The number of nitrogens with zero attached hydrogens (tertiary/aromatic N) is 4. The standard InChI is InChI=1S/C19H26N4O2/c1-3-21(2)19(24)17-15-25-18(20-17)14-23-11-9-22(10-12-23)13-16-7-5-4-6-8-16/h4-8,15H,3,9-14H2,1-2H3. The van der Waals surface area contributed by atoms with Gasteiger partial charge in [-0.1, -0.05) is 30.3 Å². The molecule has 1 amide bonds. The van der Waals surface area contributed by atoms with E-state index in [0.717, 1.165) is 32.7 Å². The third-order valence-corrected chi connectivity index (χ3v) is 4.66. The second-order valence-corrected chi connectivity index (χ2v) is 6.48. The average molecular weight is 342 g/mol. The van der Waals surface area contributed by atoms with Gasteiger partial charge in [0.15, 0.2) is 5.69 Å². The van der Waals surface area contributed by atoms with Crippen molar-refractivity contribution in [3.05, 3.63) is 53.7 Å². The van der Waals surface area contributed by atoms with Crippen LogP contribution in [0.15, 0.2) is 41.0 Å². The van der Waals surface area contributed by atoms with Crippen molar-refractivity contribution in [1.82, 2.24) is 19.7 Å². The van der Waals surface area contributed by atoms with Gasteiger partial charge in [-0.2, -0.15) is 0 Å². The highest BCUT2D eigenvalue weighted by Gasteiger charge is 2.20. The summed E-state index contributed by atoms with van der Waals surface area (Å²) in [7, 11) is 1.77. The molecule has 25 heavy (non-hydrogen) atoms. The molecule has 6 nitrogen and oxygen atoms in total. The number of amides is 1. The number of aromatic nitrogens is 1. The number of benzene rings is 1. The van der Waals surface area contributed by atoms with E-state index in [9.17, 15) is 4.79 Å². The van der Waals surface area contributed by atoms with Crippen molar-refractivity contribution in [2.24, 2.45) is 0 Å². The number of hydrogen-bond donors (Lipinski definition) is 0. The lowest BCUT2D eigenvalue weighted by molar-refractivity contribution is 0.0796. The summed E-state index contributed by atoms with van der Waals surface area (Å²) in [5.74, 6) is 0.523. The van der Waals surface area contributed by atoms with E-state index in [1.54, 1.807) is 11.9 Å². The maximum Gasteiger partial charge on any atom is 0.275 e. The van der Waals surface area contributed by atoms with E-state index >= 15 is 0 Å². The van der Waals surface area contributed by atoms with Crippen molar-refractivity contribution in [2.45, 2.75) is 20.0 Å². The van der Waals surface area contributed by atoms with E-state index in [-0.39, 0.29) is 5.91 Å². The van der Waals surface area contributed by atoms with E-state index in [4.69, 9.17) is 4.42 Å². The largest absolute Gasteiger partial charge is 0.447 e. The van der Waals surface area contributed by atoms with E-state index in [0.29, 0.717) is 24.7 Å². The van der Waals surface area contributed by atoms with Crippen molar-refractivity contribution in [2.75, 3.05) is 39.8 Å². The second kappa shape index (κ2) is 8.27. The number of piperazine rings is 1. The molecule has 1 aliphatic heterocycles. The van der Waals surface area contributed by atoms with Crippen LogP contribution < -0.4 is 0 Å². The normalized spacial score (nSPS) is 16.1. The number of hydrogen-bond acceptors (Lipinski definition) is 5. The Morgan fingerprint density at radius 3 is 2.40 bits per heavy atom. The number of carbonyl (C=O) groups is 1. The summed E-state index contributed by atoms with van der Waals surface area (Å²) in [6, 6.07) is 10.6. The molecule has 0 radical (unpaired) electrons. The van der Waals surface area contributed by atoms with Gasteiger partial charge in [0.05, 0.1) is 6.54 Å². The monoisotopic (exact) mass is 342 g/mol. The molecule has 134 valence electrons. The van der Waals surface area contributed by atoms with E-state index in [2.05, 4.69) is 45.1 Å². The number of oxazole rings is 1. The quantitative estimate of drug-likeness (QED) is 0.804. The highest BCUT2D eigenvalue weighted by atomic mass is 16.3. The Morgan fingerprint density at radius 1 is 1.12 bits per heavy atom. The molecular weight excluding hydrogens is 316 g/mol. The Bertz CT molecular complexity index is 678. The van der Waals surface area contributed by atoms with Crippen LogP contribution in [0.4, 0.5) is 0 Å². The molecule has 0 saturated carbocycles. The molecule has 1 fully saturated rings. The molecule has 2 aromatic rings. The van der Waals surface area contributed by atoms with Gasteiger partial charge in [0, 0.05) is 46.3 Å². The third kappa shape index (κ3) is 4.67. The molecule has 1 aliphatic rings. The van der Waals surface area contributed by atoms with Gasteiger partial charge in [0.2, 0.25) is 5.89 Å². The molecule has 0 N–H and O–H groups in total. The summed E-state index contributed by atoms with van der Waals surface area (Å²) in [4.78, 5) is 22.8. The molecule has 2 heterocycles. The lowest BCUT2D eigenvalue weighted by Gasteiger charge is -2.34. The molecule has 3 rings (SSSR count). The number of carbonyl (C=O) groups excluding carboxylic acids is 1. The maximum atomic E-state index is 12.1. The zero-order valence-electron chi connectivity index (χ0n) is 15.0. The van der Waals surface area contributed by atoms with Gasteiger partial charge in [-0.15, -0.1) is 0 Å². The molecular formula is C19H26N4O2. The zero-order chi connectivity index (χ0) is 17.6. The van der Waals surface area contributed by atoms with Crippen LogP contribution in [0.2, 0.25) is 0 Å². The van der Waals surface area contributed by atoms with Gasteiger partial charge in [0.1, 0.15) is 6.26 Å². The van der Waals surface area contributed by atoms with Crippen LogP contribution in [-0.2, 0) is 13.1 Å². The van der Waals surface area contributed by atoms with Crippen LogP contribution >= 0.6 is 0 Å². The Labute approximate surface area is 149 Å². The van der Waals surface area contributed by atoms with Crippen molar-refractivity contribution >= 4 is 5.91 Å². The zero-order valence-corrected chi connectivity index (χ0v) is 15.0. The summed E-state index contributed by atoms with van der Waals surface area (Å²) >= 11 is 0. The Kier molecular flexibility index (Phi) is 5.83. The van der Waals surface area contributed by atoms with Crippen LogP contribution in [-0.4, -0.2) is 65.4 Å². The molecule has 1 aromatic carbocycles. The smallest absolute Gasteiger partial charge is 0.275 e. The summed E-state index contributed by atoms with van der Waals surface area (Å²) in [6.45, 7) is 8.26. The van der Waals surface area contributed by atoms with Crippen LogP contribution in [0, 0.1) is 0 Å². The first-order chi connectivity index (χ1) is 12.2.